The van der Waals surface area contributed by atoms with Crippen LogP contribution in [0.25, 0.3) is 5.65 Å². The average molecular weight is 282 g/mol. The molecule has 2 rings (SSSR count). The quantitative estimate of drug-likeness (QED) is 0.926. The molecule has 0 saturated heterocycles. The number of carbonyl (C=O) groups excluding carboxylic acids is 1. The van der Waals surface area contributed by atoms with Gasteiger partial charge >= 0.3 is 0 Å². The fraction of sp³-hybridized carbons (Fsp3) is 0.417. The molecule has 0 fully saturated rings. The van der Waals surface area contributed by atoms with E-state index in [1.807, 2.05) is 6.92 Å². The Morgan fingerprint density at radius 3 is 3.00 bits per heavy atom. The van der Waals surface area contributed by atoms with Gasteiger partial charge in [-0.2, -0.15) is 4.98 Å². The van der Waals surface area contributed by atoms with Gasteiger partial charge in [-0.25, -0.2) is 4.52 Å². The fourth-order valence-corrected chi connectivity index (χ4v) is 1.82. The summed E-state index contributed by atoms with van der Waals surface area (Å²) in [5.41, 5.74) is 0.676. The highest BCUT2D eigenvalue weighted by atomic mass is 35.5. The number of aromatic nitrogens is 3. The van der Waals surface area contributed by atoms with Gasteiger partial charge in [0.25, 0.3) is 0 Å². The van der Waals surface area contributed by atoms with Gasteiger partial charge in [-0.15, -0.1) is 5.10 Å². The lowest BCUT2D eigenvalue weighted by Gasteiger charge is -2.19. The van der Waals surface area contributed by atoms with Crippen LogP contribution in [0.5, 0.6) is 0 Å². The van der Waals surface area contributed by atoms with Gasteiger partial charge in [0, 0.05) is 19.8 Å². The van der Waals surface area contributed by atoms with Crippen molar-refractivity contribution in [1.29, 1.82) is 0 Å². The minimum Gasteiger partial charge on any atom is -0.344 e. The summed E-state index contributed by atoms with van der Waals surface area (Å²) >= 11 is 5.87. The van der Waals surface area contributed by atoms with Gasteiger partial charge in [0.2, 0.25) is 11.9 Å². The van der Waals surface area contributed by atoms with Crippen LogP contribution in [0.4, 0.5) is 5.95 Å². The molecule has 0 aromatic carbocycles. The van der Waals surface area contributed by atoms with E-state index >= 15 is 0 Å². The van der Waals surface area contributed by atoms with E-state index in [1.54, 1.807) is 41.7 Å². The Morgan fingerprint density at radius 2 is 2.32 bits per heavy atom. The molecule has 2 aromatic rings. The van der Waals surface area contributed by atoms with Gasteiger partial charge in [0.15, 0.2) is 5.65 Å². The van der Waals surface area contributed by atoms with E-state index in [-0.39, 0.29) is 11.9 Å². The summed E-state index contributed by atoms with van der Waals surface area (Å²) in [6.07, 6.45) is 1.67. The molecule has 0 aliphatic carbocycles. The van der Waals surface area contributed by atoms with Crippen LogP contribution in [0.1, 0.15) is 13.8 Å². The largest absolute Gasteiger partial charge is 0.344 e. The van der Waals surface area contributed by atoms with Crippen LogP contribution in [0.15, 0.2) is 18.3 Å². The van der Waals surface area contributed by atoms with E-state index in [0.717, 1.165) is 0 Å². The number of carbonyl (C=O) groups is 1. The Bertz CT molecular complexity index is 597. The molecule has 0 aliphatic heterocycles. The van der Waals surface area contributed by atoms with Crippen molar-refractivity contribution in [2.24, 2.45) is 0 Å². The predicted molar refractivity (Wildman–Crippen MR) is 74.4 cm³/mol. The highest BCUT2D eigenvalue weighted by molar-refractivity contribution is 6.30. The van der Waals surface area contributed by atoms with Crippen LogP contribution in [0.3, 0.4) is 0 Å². The lowest BCUT2D eigenvalue weighted by atomic mass is 10.3. The van der Waals surface area contributed by atoms with Crippen molar-refractivity contribution < 1.29 is 4.79 Å². The van der Waals surface area contributed by atoms with Crippen LogP contribution in [-0.2, 0) is 4.79 Å². The van der Waals surface area contributed by atoms with Gasteiger partial charge < -0.3 is 10.2 Å². The maximum absolute atomic E-state index is 11.9. The number of nitrogens with one attached hydrogen (secondary N) is 1. The van der Waals surface area contributed by atoms with E-state index in [0.29, 0.717) is 23.2 Å². The first-order valence-electron chi connectivity index (χ1n) is 6.04. The molecule has 1 atom stereocenters. The van der Waals surface area contributed by atoms with Crippen molar-refractivity contribution in [3.8, 4) is 0 Å². The van der Waals surface area contributed by atoms with Gasteiger partial charge in [-0.05, 0) is 26.0 Å². The third kappa shape index (κ3) is 2.96. The number of anilines is 1. The predicted octanol–water partition coefficient (Wildman–Crippen LogP) is 1.66. The number of halogens is 1. The van der Waals surface area contributed by atoms with Crippen molar-refractivity contribution in [3.05, 3.63) is 23.4 Å². The first-order chi connectivity index (χ1) is 9.01. The molecule has 1 unspecified atom stereocenters. The Hall–Kier alpha value is -1.82. The summed E-state index contributed by atoms with van der Waals surface area (Å²) in [7, 11) is 1.76. The minimum atomic E-state index is -0.377. The molecule has 0 radical (unpaired) electrons. The van der Waals surface area contributed by atoms with Gasteiger partial charge in [-0.1, -0.05) is 11.6 Å². The molecule has 0 aliphatic rings. The normalized spacial score (nSPS) is 12.4. The smallest absolute Gasteiger partial charge is 0.244 e. The zero-order chi connectivity index (χ0) is 14.0. The Balaban J connectivity index is 2.15. The second-order valence-corrected chi connectivity index (χ2v) is 4.74. The van der Waals surface area contributed by atoms with Crippen molar-refractivity contribution in [2.75, 3.05) is 18.9 Å². The molecular weight excluding hydrogens is 266 g/mol. The van der Waals surface area contributed by atoms with Crippen molar-refractivity contribution in [3.63, 3.8) is 0 Å². The Kier molecular flexibility index (Phi) is 3.90. The summed E-state index contributed by atoms with van der Waals surface area (Å²) < 4.78 is 1.57. The molecule has 1 amide bonds. The highest BCUT2D eigenvalue weighted by Gasteiger charge is 2.17. The summed E-state index contributed by atoms with van der Waals surface area (Å²) in [6, 6.07) is 3.14. The third-order valence-electron chi connectivity index (χ3n) is 2.86. The van der Waals surface area contributed by atoms with Crippen LogP contribution >= 0.6 is 11.6 Å². The first kappa shape index (κ1) is 13.6. The van der Waals surface area contributed by atoms with E-state index in [2.05, 4.69) is 15.4 Å². The molecular formula is C12H16ClN5O. The maximum Gasteiger partial charge on any atom is 0.244 e. The number of likely N-dealkylation sites (N-methyl/N-ethyl adjacent to an activating group) is 1. The molecule has 0 bridgehead atoms. The fourth-order valence-electron chi connectivity index (χ4n) is 1.66. The molecule has 2 heterocycles. The highest BCUT2D eigenvalue weighted by Crippen LogP contribution is 2.12. The summed E-state index contributed by atoms with van der Waals surface area (Å²) in [5.74, 6) is 0.409. The van der Waals surface area contributed by atoms with Crippen molar-refractivity contribution in [1.82, 2.24) is 19.5 Å². The standard InChI is InChI=1S/C12H16ClN5O/c1-4-17(3)11(19)8(2)14-12-15-10-6-5-9(13)7-18(10)16-12/h5-8H,4H2,1-3H3,(H,14,16). The number of hydrogen-bond acceptors (Lipinski definition) is 4. The van der Waals surface area contributed by atoms with Gasteiger partial charge in [0.1, 0.15) is 6.04 Å². The molecule has 19 heavy (non-hydrogen) atoms. The van der Waals surface area contributed by atoms with E-state index in [1.165, 1.54) is 0 Å². The molecule has 0 saturated carbocycles. The Labute approximate surface area is 116 Å². The summed E-state index contributed by atoms with van der Waals surface area (Å²) in [5, 5.41) is 7.79. The molecule has 6 nitrogen and oxygen atoms in total. The zero-order valence-corrected chi connectivity index (χ0v) is 11.8. The van der Waals surface area contributed by atoms with E-state index < -0.39 is 0 Å². The van der Waals surface area contributed by atoms with Crippen LogP contribution < -0.4 is 5.32 Å². The zero-order valence-electron chi connectivity index (χ0n) is 11.1. The minimum absolute atomic E-state index is 0.000566. The van der Waals surface area contributed by atoms with Crippen molar-refractivity contribution >= 4 is 29.1 Å². The lowest BCUT2D eigenvalue weighted by Crippen LogP contribution is -2.39. The lowest BCUT2D eigenvalue weighted by molar-refractivity contribution is -0.130. The average Bonchev–Trinajstić information content (AvgIpc) is 2.77. The number of hydrogen-bond donors (Lipinski definition) is 1. The number of fused-ring (bicyclic) bond motifs is 1. The maximum atomic E-state index is 11.9. The van der Waals surface area contributed by atoms with E-state index in [4.69, 9.17) is 11.6 Å². The van der Waals surface area contributed by atoms with Crippen LogP contribution in [-0.4, -0.2) is 45.0 Å². The molecule has 102 valence electrons. The first-order valence-corrected chi connectivity index (χ1v) is 6.42. The van der Waals surface area contributed by atoms with E-state index in [9.17, 15) is 4.79 Å². The summed E-state index contributed by atoms with van der Waals surface area (Å²) in [4.78, 5) is 17.8. The second-order valence-electron chi connectivity index (χ2n) is 4.30. The topological polar surface area (TPSA) is 62.5 Å². The molecule has 1 N–H and O–H groups in total. The third-order valence-corrected chi connectivity index (χ3v) is 3.09. The van der Waals surface area contributed by atoms with Crippen LogP contribution in [0, 0.1) is 0 Å². The number of nitrogens with zero attached hydrogens (tertiary/aromatic N) is 4. The number of pyridine rings is 1. The van der Waals surface area contributed by atoms with Gasteiger partial charge in [-0.3, -0.25) is 4.79 Å². The molecule has 7 heteroatoms. The van der Waals surface area contributed by atoms with Crippen molar-refractivity contribution in [2.45, 2.75) is 19.9 Å². The second kappa shape index (κ2) is 5.44. The number of rotatable bonds is 4. The van der Waals surface area contributed by atoms with Crippen LogP contribution in [0.2, 0.25) is 5.02 Å². The Morgan fingerprint density at radius 1 is 1.58 bits per heavy atom. The summed E-state index contributed by atoms with van der Waals surface area (Å²) in [6.45, 7) is 4.38. The molecule has 0 spiro atoms. The number of amides is 1. The monoisotopic (exact) mass is 281 g/mol. The molecule has 2 aromatic heterocycles. The van der Waals surface area contributed by atoms with Gasteiger partial charge in [0.05, 0.1) is 5.02 Å². The SMILES string of the molecule is CCN(C)C(=O)C(C)Nc1nc2ccc(Cl)cn2n1.